The van der Waals surface area contributed by atoms with Crippen LogP contribution in [-0.4, -0.2) is 50.3 Å². The number of hydrogen-bond donors (Lipinski definition) is 0. The zero-order chi connectivity index (χ0) is 27.3. The van der Waals surface area contributed by atoms with Gasteiger partial charge in [-0.25, -0.2) is 5.01 Å². The van der Waals surface area contributed by atoms with Crippen molar-refractivity contribution in [1.29, 1.82) is 0 Å². The first kappa shape index (κ1) is 28.2. The van der Waals surface area contributed by atoms with E-state index in [0.29, 0.717) is 29.6 Å². The van der Waals surface area contributed by atoms with Gasteiger partial charge in [-0.05, 0) is 47.5 Å². The van der Waals surface area contributed by atoms with Gasteiger partial charge in [0.1, 0.15) is 0 Å². The van der Waals surface area contributed by atoms with Gasteiger partial charge in [-0.15, -0.1) is 4.40 Å². The van der Waals surface area contributed by atoms with E-state index in [2.05, 4.69) is 4.40 Å². The lowest BCUT2D eigenvalue weighted by molar-refractivity contribution is -0.137. The monoisotopic (exact) mass is 581 g/mol. The highest BCUT2D eigenvalue weighted by atomic mass is 35.5. The van der Waals surface area contributed by atoms with Crippen LogP contribution in [0.1, 0.15) is 22.6 Å². The van der Waals surface area contributed by atoms with E-state index < -0.39 is 21.8 Å². The van der Waals surface area contributed by atoms with Crippen molar-refractivity contribution in [3.63, 3.8) is 0 Å². The highest BCUT2D eigenvalue weighted by Crippen LogP contribution is 2.33. The van der Waals surface area contributed by atoms with E-state index in [1.165, 1.54) is 12.1 Å². The smallest absolute Gasteiger partial charge is 0.384 e. The zero-order valence-corrected chi connectivity index (χ0v) is 22.5. The van der Waals surface area contributed by atoms with E-state index in [4.69, 9.17) is 21.4 Å². The molecule has 3 aromatic carbocycles. The molecule has 6 nitrogen and oxygen atoms in total. The molecule has 1 atom stereocenters. The second-order valence-corrected chi connectivity index (χ2v) is 11.4. The van der Waals surface area contributed by atoms with Crippen LogP contribution in [0.25, 0.3) is 0 Å². The van der Waals surface area contributed by atoms with Gasteiger partial charge in [0.15, 0.2) is 5.17 Å². The van der Waals surface area contributed by atoms with Crippen LogP contribution in [0.2, 0.25) is 5.02 Å². The number of amidine groups is 1. The van der Waals surface area contributed by atoms with Crippen LogP contribution in [0.3, 0.4) is 0 Å². The summed E-state index contributed by atoms with van der Waals surface area (Å²) in [7, 11) is -2.81. The molecule has 0 radical (unpaired) electrons. The van der Waals surface area contributed by atoms with Crippen LogP contribution in [0.5, 0.6) is 0 Å². The molecule has 0 fully saturated rings. The Bertz CT molecular complexity index is 1410. The SMILES string of the molecule is COCCS/C(=N\S(=O)(=O)c1ccc(C(F)(F)F)cc1)N1CC(c2ccccc2)C(c2ccc(Cl)cc2)=N1. The van der Waals surface area contributed by atoms with Crippen LogP contribution in [0.4, 0.5) is 13.2 Å². The van der Waals surface area contributed by atoms with Crippen LogP contribution in [0, 0.1) is 0 Å². The Morgan fingerprint density at radius 1 is 1.08 bits per heavy atom. The van der Waals surface area contributed by atoms with Crippen molar-refractivity contribution < 1.29 is 26.3 Å². The van der Waals surface area contributed by atoms with Gasteiger partial charge < -0.3 is 4.74 Å². The maximum absolute atomic E-state index is 13.1. The molecular formula is C26H23ClF3N3O3S2. The maximum Gasteiger partial charge on any atom is 0.416 e. The third kappa shape index (κ3) is 6.76. The normalized spacial score (nSPS) is 16.6. The molecule has 0 aliphatic carbocycles. The third-order valence-corrected chi connectivity index (χ3v) is 8.25. The van der Waals surface area contributed by atoms with E-state index in [-0.39, 0.29) is 16.0 Å². The van der Waals surface area contributed by atoms with Gasteiger partial charge in [0.2, 0.25) is 0 Å². The van der Waals surface area contributed by atoms with E-state index >= 15 is 0 Å². The van der Waals surface area contributed by atoms with Crippen molar-refractivity contribution >= 4 is 44.3 Å². The van der Waals surface area contributed by atoms with Gasteiger partial charge in [-0.2, -0.15) is 26.7 Å². The number of thioether (sulfide) groups is 1. The van der Waals surface area contributed by atoms with E-state index in [9.17, 15) is 21.6 Å². The molecule has 0 aromatic heterocycles. The molecular weight excluding hydrogens is 559 g/mol. The quantitative estimate of drug-likeness (QED) is 0.186. The molecule has 0 spiro atoms. The van der Waals surface area contributed by atoms with Gasteiger partial charge in [-0.1, -0.05) is 65.8 Å². The van der Waals surface area contributed by atoms with Crippen LogP contribution < -0.4 is 0 Å². The summed E-state index contributed by atoms with van der Waals surface area (Å²) in [6.45, 7) is 0.636. The van der Waals surface area contributed by atoms with Crippen molar-refractivity contribution in [2.75, 3.05) is 26.0 Å². The number of alkyl halides is 3. The summed E-state index contributed by atoms with van der Waals surface area (Å²) in [5.74, 6) is 0.190. The van der Waals surface area contributed by atoms with Gasteiger partial charge in [0, 0.05) is 23.8 Å². The van der Waals surface area contributed by atoms with E-state index in [1.54, 1.807) is 12.1 Å². The van der Waals surface area contributed by atoms with E-state index in [1.807, 2.05) is 42.5 Å². The number of hydrazone groups is 1. The summed E-state index contributed by atoms with van der Waals surface area (Å²) in [5.41, 5.74) is 1.56. The topological polar surface area (TPSA) is 71.3 Å². The number of sulfonamides is 1. The van der Waals surface area contributed by atoms with Crippen molar-refractivity contribution in [2.45, 2.75) is 17.0 Å². The standard InChI is InChI=1S/C26H23ClF3N3O3S2/c1-36-15-16-37-25(32-38(34,35)22-13-9-20(10-14-22)26(28,29)30)33-17-23(18-5-3-2-4-6-18)24(31-33)19-7-11-21(27)12-8-19/h2-14,23H,15-17H2,1H3/b32-25-. The van der Waals surface area contributed by atoms with Gasteiger partial charge in [0.25, 0.3) is 10.0 Å². The molecule has 12 heteroatoms. The minimum absolute atomic E-state index is 0.0897. The molecule has 4 rings (SSSR count). The summed E-state index contributed by atoms with van der Waals surface area (Å²) < 4.78 is 74.3. The molecule has 0 amide bonds. The fourth-order valence-electron chi connectivity index (χ4n) is 3.78. The second-order valence-electron chi connectivity index (χ2n) is 8.25. The van der Waals surface area contributed by atoms with E-state index in [0.717, 1.165) is 47.2 Å². The predicted octanol–water partition coefficient (Wildman–Crippen LogP) is 6.29. The van der Waals surface area contributed by atoms with Gasteiger partial charge in [0.05, 0.1) is 29.3 Å². The third-order valence-electron chi connectivity index (χ3n) is 5.67. The highest BCUT2D eigenvalue weighted by Gasteiger charge is 2.33. The lowest BCUT2D eigenvalue weighted by Gasteiger charge is -2.18. The molecule has 0 N–H and O–H groups in total. The fraction of sp³-hybridized carbons (Fsp3) is 0.231. The molecule has 0 saturated heterocycles. The van der Waals surface area contributed by atoms with Crippen molar-refractivity contribution in [1.82, 2.24) is 5.01 Å². The Balaban J connectivity index is 1.73. The summed E-state index contributed by atoms with van der Waals surface area (Å²) in [6.07, 6.45) is -4.58. The predicted molar refractivity (Wildman–Crippen MR) is 144 cm³/mol. The van der Waals surface area contributed by atoms with Crippen molar-refractivity contribution in [3.8, 4) is 0 Å². The Morgan fingerprint density at radius 3 is 2.34 bits per heavy atom. The average Bonchev–Trinajstić information content (AvgIpc) is 3.34. The molecule has 1 heterocycles. The number of benzene rings is 3. The number of halogens is 4. The summed E-state index contributed by atoms with van der Waals surface area (Å²) in [4.78, 5) is -0.351. The Kier molecular flexibility index (Phi) is 8.81. The largest absolute Gasteiger partial charge is 0.416 e. The average molecular weight is 582 g/mol. The van der Waals surface area contributed by atoms with Gasteiger partial charge in [-0.3, -0.25) is 0 Å². The first-order chi connectivity index (χ1) is 18.1. The number of rotatable bonds is 7. The first-order valence-electron chi connectivity index (χ1n) is 11.4. The van der Waals surface area contributed by atoms with Crippen LogP contribution in [-0.2, 0) is 20.9 Å². The Morgan fingerprint density at radius 2 is 1.74 bits per heavy atom. The second kappa shape index (κ2) is 11.9. The van der Waals surface area contributed by atoms with Gasteiger partial charge >= 0.3 is 6.18 Å². The molecule has 200 valence electrons. The lowest BCUT2D eigenvalue weighted by atomic mass is 9.91. The van der Waals surface area contributed by atoms with Crippen molar-refractivity contribution in [2.24, 2.45) is 9.50 Å². The molecule has 38 heavy (non-hydrogen) atoms. The maximum atomic E-state index is 13.1. The number of ether oxygens (including phenoxy) is 1. The molecule has 1 aliphatic rings. The zero-order valence-electron chi connectivity index (χ0n) is 20.1. The first-order valence-corrected chi connectivity index (χ1v) is 14.2. The minimum atomic E-state index is -4.58. The fourth-order valence-corrected chi connectivity index (χ4v) is 6.00. The molecule has 1 unspecified atom stereocenters. The number of hydrogen-bond acceptors (Lipinski definition) is 5. The highest BCUT2D eigenvalue weighted by molar-refractivity contribution is 8.14. The molecule has 0 saturated carbocycles. The Labute approximate surface area is 228 Å². The Hall–Kier alpha value is -2.86. The number of nitrogens with zero attached hydrogens (tertiary/aromatic N) is 3. The molecule has 0 bridgehead atoms. The summed E-state index contributed by atoms with van der Waals surface area (Å²) in [6, 6.07) is 20.1. The molecule has 1 aliphatic heterocycles. The summed E-state index contributed by atoms with van der Waals surface area (Å²) in [5, 5.41) is 6.93. The van der Waals surface area contributed by atoms with Crippen LogP contribution >= 0.6 is 23.4 Å². The van der Waals surface area contributed by atoms with Crippen molar-refractivity contribution in [3.05, 3.63) is 101 Å². The molecule has 3 aromatic rings. The van der Waals surface area contributed by atoms with Crippen LogP contribution in [0.15, 0.2) is 93.3 Å². The minimum Gasteiger partial charge on any atom is -0.384 e. The number of methoxy groups -OCH3 is 1. The summed E-state index contributed by atoms with van der Waals surface area (Å²) >= 11 is 7.21. The lowest BCUT2D eigenvalue weighted by Crippen LogP contribution is -2.25.